The minimum atomic E-state index is -4.02. The van der Waals surface area contributed by atoms with Gasteiger partial charge in [-0.25, -0.2) is 0 Å². The van der Waals surface area contributed by atoms with Gasteiger partial charge in [-0.3, -0.25) is 4.55 Å². The Bertz CT molecular complexity index is 781. The van der Waals surface area contributed by atoms with Crippen LogP contribution in [0.1, 0.15) is 12.5 Å². The lowest BCUT2D eigenvalue weighted by Crippen LogP contribution is -2.44. The summed E-state index contributed by atoms with van der Waals surface area (Å²) in [5.41, 5.74) is 1.17. The Morgan fingerprint density at radius 1 is 1.12 bits per heavy atom. The lowest BCUT2D eigenvalue weighted by molar-refractivity contribution is -0.120. The lowest BCUT2D eigenvalue weighted by atomic mass is 9.90. The second-order valence-electron chi connectivity index (χ2n) is 6.33. The Morgan fingerprint density at radius 3 is 2.12 bits per heavy atom. The molecule has 0 atom stereocenters. The van der Waals surface area contributed by atoms with Gasteiger partial charge in [-0.2, -0.15) is 8.42 Å². The summed E-state index contributed by atoms with van der Waals surface area (Å²) >= 11 is 3.39. The van der Waals surface area contributed by atoms with Crippen LogP contribution in [0.3, 0.4) is 0 Å². The zero-order valence-electron chi connectivity index (χ0n) is 14.1. The Morgan fingerprint density at radius 2 is 1.68 bits per heavy atom. The van der Waals surface area contributed by atoms with Crippen molar-refractivity contribution in [1.29, 1.82) is 0 Å². The van der Waals surface area contributed by atoms with E-state index in [0.29, 0.717) is 0 Å². The third kappa shape index (κ3) is 6.43. The molecule has 0 amide bonds. The molecule has 0 saturated carbocycles. The van der Waals surface area contributed by atoms with Crippen molar-refractivity contribution >= 4 is 26.0 Å². The average molecular weight is 429 g/mol. The molecule has 5 nitrogen and oxygen atoms in total. The van der Waals surface area contributed by atoms with Crippen LogP contribution in [0, 0.1) is 12.3 Å². The molecule has 0 aromatic heterocycles. The third-order valence-corrected chi connectivity index (χ3v) is 5.02. The molecule has 1 N–H and O–H groups in total. The standard InChI is InChI=1S/C11H13BrO2.C7H8O3S/c1-11(6-13-7-11)8-14-10-4-2-9(12)3-5-10;1-6-2-4-7(5-3-6)11(8,9)10/h2-5H,6-8H2,1H3;2-5H,1H3,(H,8,9,10). The third-order valence-electron chi connectivity index (χ3n) is 3.62. The zero-order chi connectivity index (χ0) is 18.5. The van der Waals surface area contributed by atoms with Crippen molar-refractivity contribution < 1.29 is 22.4 Å². The van der Waals surface area contributed by atoms with Gasteiger partial charge < -0.3 is 9.47 Å². The summed E-state index contributed by atoms with van der Waals surface area (Å²) in [6.07, 6.45) is 0. The van der Waals surface area contributed by atoms with Crippen molar-refractivity contribution in [2.24, 2.45) is 5.41 Å². The van der Waals surface area contributed by atoms with Crippen molar-refractivity contribution in [2.45, 2.75) is 18.7 Å². The molecule has 136 valence electrons. The summed E-state index contributed by atoms with van der Waals surface area (Å²) in [5, 5.41) is 0. The van der Waals surface area contributed by atoms with Crippen molar-refractivity contribution in [3.8, 4) is 5.75 Å². The molecule has 1 heterocycles. The SMILES string of the molecule is CC1(COc2ccc(Br)cc2)COC1.Cc1ccc(S(=O)(=O)O)cc1. The van der Waals surface area contributed by atoms with Gasteiger partial charge in [-0.05, 0) is 43.3 Å². The molecule has 1 aliphatic heterocycles. The van der Waals surface area contributed by atoms with Crippen molar-refractivity contribution in [3.05, 3.63) is 58.6 Å². The second-order valence-corrected chi connectivity index (χ2v) is 8.67. The quantitative estimate of drug-likeness (QED) is 0.741. The highest BCUT2D eigenvalue weighted by Gasteiger charge is 2.34. The van der Waals surface area contributed by atoms with E-state index in [2.05, 4.69) is 22.9 Å². The van der Waals surface area contributed by atoms with Crippen molar-refractivity contribution in [1.82, 2.24) is 0 Å². The van der Waals surface area contributed by atoms with Crippen LogP contribution in [0.2, 0.25) is 0 Å². The minimum absolute atomic E-state index is 0.0666. The van der Waals surface area contributed by atoms with E-state index in [9.17, 15) is 8.42 Å². The van der Waals surface area contributed by atoms with Gasteiger partial charge in [-0.1, -0.05) is 40.5 Å². The van der Waals surface area contributed by atoms with Gasteiger partial charge >= 0.3 is 0 Å². The molecule has 0 aliphatic carbocycles. The molecule has 0 unspecified atom stereocenters. The van der Waals surface area contributed by atoms with Crippen LogP contribution in [0.15, 0.2) is 57.9 Å². The predicted octanol–water partition coefficient (Wildman–Crippen LogP) is 4.11. The van der Waals surface area contributed by atoms with Crippen LogP contribution in [-0.2, 0) is 14.9 Å². The van der Waals surface area contributed by atoms with Gasteiger partial charge in [0.25, 0.3) is 10.1 Å². The first kappa shape index (κ1) is 19.9. The van der Waals surface area contributed by atoms with E-state index in [-0.39, 0.29) is 10.3 Å². The highest BCUT2D eigenvalue weighted by atomic mass is 79.9. The first-order valence-corrected chi connectivity index (χ1v) is 9.92. The maximum absolute atomic E-state index is 10.5. The van der Waals surface area contributed by atoms with E-state index in [1.165, 1.54) is 12.1 Å². The van der Waals surface area contributed by atoms with E-state index in [1.54, 1.807) is 12.1 Å². The van der Waals surface area contributed by atoms with Gasteiger partial charge in [0.2, 0.25) is 0 Å². The van der Waals surface area contributed by atoms with Crippen LogP contribution in [0.4, 0.5) is 0 Å². The molecule has 0 radical (unpaired) electrons. The highest BCUT2D eigenvalue weighted by Crippen LogP contribution is 2.27. The van der Waals surface area contributed by atoms with E-state index in [4.69, 9.17) is 14.0 Å². The highest BCUT2D eigenvalue weighted by molar-refractivity contribution is 9.10. The molecular weight excluding hydrogens is 408 g/mol. The molecule has 1 fully saturated rings. The monoisotopic (exact) mass is 428 g/mol. The van der Waals surface area contributed by atoms with Crippen molar-refractivity contribution in [3.63, 3.8) is 0 Å². The van der Waals surface area contributed by atoms with E-state index in [1.807, 2.05) is 31.2 Å². The zero-order valence-corrected chi connectivity index (χ0v) is 16.5. The summed E-state index contributed by atoms with van der Waals surface area (Å²) in [4.78, 5) is -0.0666. The maximum atomic E-state index is 10.5. The molecule has 2 aromatic carbocycles. The smallest absolute Gasteiger partial charge is 0.294 e. The molecule has 1 aliphatic rings. The average Bonchev–Trinajstić information content (AvgIpc) is 2.53. The molecular formula is C18H21BrO5S. The van der Waals surface area contributed by atoms with Crippen LogP contribution >= 0.6 is 15.9 Å². The fourth-order valence-electron chi connectivity index (χ4n) is 2.03. The molecule has 7 heteroatoms. The number of hydrogen-bond donors (Lipinski definition) is 1. The van der Waals surface area contributed by atoms with Gasteiger partial charge in [0.1, 0.15) is 5.75 Å². The lowest BCUT2D eigenvalue weighted by Gasteiger charge is -2.37. The Labute approximate surface area is 156 Å². The number of hydrogen-bond acceptors (Lipinski definition) is 4. The summed E-state index contributed by atoms with van der Waals surface area (Å²) in [6.45, 7) is 6.37. The molecule has 1 saturated heterocycles. The Hall–Kier alpha value is -1.41. The van der Waals surface area contributed by atoms with Crippen LogP contribution in [0.5, 0.6) is 5.75 Å². The molecule has 3 rings (SSSR count). The Balaban J connectivity index is 0.000000186. The second kappa shape index (κ2) is 8.31. The largest absolute Gasteiger partial charge is 0.493 e. The molecule has 0 spiro atoms. The van der Waals surface area contributed by atoms with Crippen LogP contribution < -0.4 is 4.74 Å². The van der Waals surface area contributed by atoms with Gasteiger partial charge in [0.05, 0.1) is 24.7 Å². The molecule has 0 bridgehead atoms. The number of ether oxygens (including phenoxy) is 2. The Kier molecular flexibility index (Phi) is 6.62. The minimum Gasteiger partial charge on any atom is -0.493 e. The fraction of sp³-hybridized carbons (Fsp3) is 0.333. The molecule has 2 aromatic rings. The van der Waals surface area contributed by atoms with Crippen LogP contribution in [0.25, 0.3) is 0 Å². The molecule has 25 heavy (non-hydrogen) atoms. The topological polar surface area (TPSA) is 72.8 Å². The van der Waals surface area contributed by atoms with E-state index < -0.39 is 10.1 Å². The fourth-order valence-corrected chi connectivity index (χ4v) is 2.78. The first-order chi connectivity index (χ1) is 11.7. The summed E-state index contributed by atoms with van der Waals surface area (Å²) < 4.78 is 41.4. The normalized spacial score (nSPS) is 15.5. The summed E-state index contributed by atoms with van der Waals surface area (Å²) in [5.74, 6) is 0.918. The van der Waals surface area contributed by atoms with Gasteiger partial charge in [0.15, 0.2) is 0 Å². The van der Waals surface area contributed by atoms with Crippen molar-refractivity contribution in [2.75, 3.05) is 19.8 Å². The number of benzene rings is 2. The summed E-state index contributed by atoms with van der Waals surface area (Å²) in [7, 11) is -4.02. The first-order valence-electron chi connectivity index (χ1n) is 7.68. The maximum Gasteiger partial charge on any atom is 0.294 e. The summed E-state index contributed by atoms with van der Waals surface area (Å²) in [6, 6.07) is 13.9. The predicted molar refractivity (Wildman–Crippen MR) is 99.6 cm³/mol. The van der Waals surface area contributed by atoms with E-state index in [0.717, 1.165) is 35.6 Å². The number of aryl methyl sites for hydroxylation is 1. The van der Waals surface area contributed by atoms with Gasteiger partial charge in [0, 0.05) is 9.89 Å². The van der Waals surface area contributed by atoms with Crippen LogP contribution in [-0.4, -0.2) is 32.8 Å². The van der Waals surface area contributed by atoms with Gasteiger partial charge in [-0.15, -0.1) is 0 Å². The number of halogens is 1. The number of rotatable bonds is 4. The van der Waals surface area contributed by atoms with E-state index >= 15 is 0 Å².